The van der Waals surface area contributed by atoms with Gasteiger partial charge in [0.1, 0.15) is 7.05 Å². The second-order valence-electron chi connectivity index (χ2n) is 6.54. The van der Waals surface area contributed by atoms with Crippen molar-refractivity contribution >= 4 is 0 Å². The van der Waals surface area contributed by atoms with Gasteiger partial charge in [0.25, 0.3) is 0 Å². The smallest absolute Gasteiger partial charge is 0.201 e. The van der Waals surface area contributed by atoms with Gasteiger partial charge >= 0.3 is 0 Å². The predicted molar refractivity (Wildman–Crippen MR) is 81.7 cm³/mol. The lowest BCUT2D eigenvalue weighted by atomic mass is 9.67. The van der Waals surface area contributed by atoms with Gasteiger partial charge in [-0.3, -0.25) is 0 Å². The predicted octanol–water partition coefficient (Wildman–Crippen LogP) is 4.24. The molecule has 1 heteroatoms. The highest BCUT2D eigenvalue weighted by atomic mass is 14.9. The Morgan fingerprint density at radius 3 is 2.30 bits per heavy atom. The lowest BCUT2D eigenvalue weighted by Crippen LogP contribution is -2.35. The van der Waals surface area contributed by atoms with Crippen LogP contribution in [0.2, 0.25) is 0 Å². The van der Waals surface area contributed by atoms with Gasteiger partial charge in [0.2, 0.25) is 5.69 Å². The van der Waals surface area contributed by atoms with E-state index >= 15 is 0 Å². The first-order chi connectivity index (χ1) is 9.74. The molecular formula is C19H22N+. The van der Waals surface area contributed by atoms with Crippen LogP contribution >= 0.6 is 0 Å². The van der Waals surface area contributed by atoms with Gasteiger partial charge in [0, 0.05) is 17.2 Å². The summed E-state index contributed by atoms with van der Waals surface area (Å²) < 4.78 is 2.34. The van der Waals surface area contributed by atoms with E-state index in [0.29, 0.717) is 0 Å². The van der Waals surface area contributed by atoms with Crippen molar-refractivity contribution in [2.45, 2.75) is 44.4 Å². The van der Waals surface area contributed by atoms with Crippen LogP contribution in [0.5, 0.6) is 0 Å². The number of pyridine rings is 1. The second kappa shape index (κ2) is 4.44. The fourth-order valence-corrected chi connectivity index (χ4v) is 4.22. The Morgan fingerprint density at radius 1 is 0.950 bits per heavy atom. The summed E-state index contributed by atoms with van der Waals surface area (Å²) in [6.07, 6.45) is 8.02. The highest BCUT2D eigenvalue weighted by Gasteiger charge is 2.35. The topological polar surface area (TPSA) is 3.88 Å². The van der Waals surface area contributed by atoms with Gasteiger partial charge in [-0.1, -0.05) is 18.2 Å². The van der Waals surface area contributed by atoms with Gasteiger partial charge in [-0.05, 0) is 61.6 Å². The van der Waals surface area contributed by atoms with Crippen molar-refractivity contribution in [1.82, 2.24) is 0 Å². The van der Waals surface area contributed by atoms with Crippen LogP contribution in [-0.2, 0) is 7.05 Å². The highest BCUT2D eigenvalue weighted by molar-refractivity contribution is 5.62. The van der Waals surface area contributed by atoms with E-state index in [-0.39, 0.29) is 0 Å². The molecule has 0 N–H and O–H groups in total. The summed E-state index contributed by atoms with van der Waals surface area (Å²) in [6.45, 7) is 2.21. The van der Waals surface area contributed by atoms with E-state index in [1.165, 1.54) is 42.5 Å². The first kappa shape index (κ1) is 12.1. The molecule has 0 radical (unpaired) electrons. The fraction of sp³-hybridized carbons (Fsp3) is 0.421. The van der Waals surface area contributed by atoms with Gasteiger partial charge in [-0.15, -0.1) is 0 Å². The van der Waals surface area contributed by atoms with Crippen molar-refractivity contribution < 1.29 is 4.57 Å². The molecule has 20 heavy (non-hydrogen) atoms. The molecule has 1 nitrogen and oxygen atoms in total. The van der Waals surface area contributed by atoms with Crippen LogP contribution in [0.4, 0.5) is 0 Å². The quantitative estimate of drug-likeness (QED) is 0.678. The molecule has 3 aliphatic rings. The number of rotatable bonds is 1. The van der Waals surface area contributed by atoms with E-state index in [0.717, 1.165) is 11.8 Å². The Bertz CT molecular complexity index is 663. The summed E-state index contributed by atoms with van der Waals surface area (Å²) in [5.41, 5.74) is 7.38. The third-order valence-corrected chi connectivity index (χ3v) is 5.37. The van der Waals surface area contributed by atoms with Crippen molar-refractivity contribution in [2.24, 2.45) is 7.05 Å². The lowest BCUT2D eigenvalue weighted by Gasteiger charge is -2.37. The summed E-state index contributed by atoms with van der Waals surface area (Å²) in [7, 11) is 2.20. The molecule has 1 aromatic heterocycles. The van der Waals surface area contributed by atoms with Crippen molar-refractivity contribution in [3.05, 3.63) is 53.2 Å². The molecule has 0 saturated heterocycles. The maximum atomic E-state index is 2.48. The maximum absolute atomic E-state index is 2.48. The lowest BCUT2D eigenvalue weighted by molar-refractivity contribution is -0.661. The molecule has 1 aromatic carbocycles. The Balaban J connectivity index is 1.91. The van der Waals surface area contributed by atoms with Gasteiger partial charge in [-0.25, -0.2) is 4.57 Å². The largest absolute Gasteiger partial charge is 0.212 e. The van der Waals surface area contributed by atoms with Crippen LogP contribution in [-0.4, -0.2) is 0 Å². The fourth-order valence-electron chi connectivity index (χ4n) is 4.22. The minimum absolute atomic E-state index is 0.818. The van der Waals surface area contributed by atoms with Gasteiger partial charge in [0.05, 0.1) is 0 Å². The SMILES string of the molecule is Cc1ccccc1-c1cc2c(c[n+]1C)C1CCC2CC1. The molecule has 1 heterocycles. The zero-order chi connectivity index (χ0) is 13.7. The van der Waals surface area contributed by atoms with Gasteiger partial charge < -0.3 is 0 Å². The summed E-state index contributed by atoms with van der Waals surface area (Å²) >= 11 is 0. The standard InChI is InChI=1S/C19H22N/c1-13-5-3-4-6-16(13)19-11-17-14-7-9-15(10-8-14)18(17)12-20(19)2/h3-6,11-12,14-15H,7-10H2,1-2H3/q+1. The Kier molecular flexibility index (Phi) is 2.70. The molecule has 3 aliphatic carbocycles. The first-order valence-corrected chi connectivity index (χ1v) is 7.83. The Labute approximate surface area is 121 Å². The number of benzene rings is 1. The zero-order valence-corrected chi connectivity index (χ0v) is 12.4. The van der Waals surface area contributed by atoms with Crippen molar-refractivity contribution in [3.8, 4) is 11.3 Å². The molecule has 0 atom stereocenters. The Morgan fingerprint density at radius 2 is 1.60 bits per heavy atom. The van der Waals surface area contributed by atoms with Crippen LogP contribution in [0, 0.1) is 6.92 Å². The van der Waals surface area contributed by atoms with Crippen molar-refractivity contribution in [3.63, 3.8) is 0 Å². The van der Waals surface area contributed by atoms with E-state index in [1.54, 1.807) is 11.1 Å². The first-order valence-electron chi connectivity index (χ1n) is 7.83. The third-order valence-electron chi connectivity index (χ3n) is 5.37. The van der Waals surface area contributed by atoms with Crippen LogP contribution in [0.25, 0.3) is 11.3 Å². The van der Waals surface area contributed by atoms with Crippen LogP contribution < -0.4 is 4.57 Å². The molecule has 102 valence electrons. The van der Waals surface area contributed by atoms with Gasteiger partial charge in [-0.2, -0.15) is 0 Å². The molecule has 2 aromatic rings. The number of fused-ring (bicyclic) bond motifs is 2. The molecule has 0 spiro atoms. The minimum Gasteiger partial charge on any atom is -0.201 e. The Hall–Kier alpha value is -1.63. The number of hydrogen-bond acceptors (Lipinski definition) is 0. The summed E-state index contributed by atoms with van der Waals surface area (Å²) in [5, 5.41) is 0. The minimum atomic E-state index is 0.818. The summed E-state index contributed by atoms with van der Waals surface area (Å²) in [5.74, 6) is 1.64. The number of aromatic nitrogens is 1. The monoisotopic (exact) mass is 264 g/mol. The third kappa shape index (κ3) is 1.72. The molecular weight excluding hydrogens is 242 g/mol. The maximum Gasteiger partial charge on any atom is 0.212 e. The number of hydrogen-bond donors (Lipinski definition) is 0. The number of nitrogens with zero attached hydrogens (tertiary/aromatic N) is 1. The molecule has 0 amide bonds. The average Bonchev–Trinajstić information content (AvgIpc) is 2.48. The van der Waals surface area contributed by atoms with Crippen LogP contribution in [0.1, 0.15) is 54.2 Å². The van der Waals surface area contributed by atoms with Gasteiger partial charge in [0.15, 0.2) is 6.20 Å². The zero-order valence-electron chi connectivity index (χ0n) is 12.4. The second-order valence-corrected chi connectivity index (χ2v) is 6.54. The van der Waals surface area contributed by atoms with Crippen molar-refractivity contribution in [1.29, 1.82) is 0 Å². The summed E-state index contributed by atoms with van der Waals surface area (Å²) in [6, 6.07) is 11.2. The normalized spacial score (nSPS) is 23.7. The molecule has 1 saturated carbocycles. The van der Waals surface area contributed by atoms with Crippen LogP contribution in [0.3, 0.4) is 0 Å². The van der Waals surface area contributed by atoms with E-state index in [9.17, 15) is 0 Å². The molecule has 0 unspecified atom stereocenters. The molecule has 0 aliphatic heterocycles. The summed E-state index contributed by atoms with van der Waals surface area (Å²) in [4.78, 5) is 0. The van der Waals surface area contributed by atoms with E-state index in [4.69, 9.17) is 0 Å². The van der Waals surface area contributed by atoms with Crippen LogP contribution in [0.15, 0.2) is 36.5 Å². The molecule has 5 rings (SSSR count). The average molecular weight is 264 g/mol. The van der Waals surface area contributed by atoms with E-state index in [1.807, 2.05) is 0 Å². The van der Waals surface area contributed by atoms with Crippen molar-refractivity contribution in [2.75, 3.05) is 0 Å². The molecule has 1 fully saturated rings. The number of aryl methyl sites for hydroxylation is 2. The molecule has 2 bridgehead atoms. The van der Waals surface area contributed by atoms with E-state index < -0.39 is 0 Å². The van der Waals surface area contributed by atoms with E-state index in [2.05, 4.69) is 55.1 Å². The highest BCUT2D eigenvalue weighted by Crippen LogP contribution is 2.49.